The van der Waals surface area contributed by atoms with Crippen LogP contribution in [0.4, 0.5) is 0 Å². The highest BCUT2D eigenvalue weighted by molar-refractivity contribution is 9.10. The molecular weight excluding hydrogens is 338 g/mol. The van der Waals surface area contributed by atoms with Gasteiger partial charge in [0.2, 0.25) is 0 Å². The normalized spacial score (nSPS) is 10.8. The lowest BCUT2D eigenvalue weighted by molar-refractivity contribution is 0.0958. The van der Waals surface area contributed by atoms with Gasteiger partial charge in [0, 0.05) is 34.0 Å². The lowest BCUT2D eigenvalue weighted by Gasteiger charge is -2.01. The van der Waals surface area contributed by atoms with Crippen molar-refractivity contribution in [3.8, 4) is 0 Å². The third-order valence-electron chi connectivity index (χ3n) is 2.94. The summed E-state index contributed by atoms with van der Waals surface area (Å²) >= 11 is 4.94. The quantitative estimate of drug-likeness (QED) is 0.758. The summed E-state index contributed by atoms with van der Waals surface area (Å²) < 4.78 is 2.14. The minimum atomic E-state index is -0.0261. The highest BCUT2D eigenvalue weighted by Crippen LogP contribution is 2.28. The number of imidazole rings is 1. The fraction of sp³-hybridized carbons (Fsp3) is 0.143. The molecule has 2 heterocycles. The van der Waals surface area contributed by atoms with Gasteiger partial charge in [0.15, 0.2) is 0 Å². The Morgan fingerprint density at radius 3 is 3.10 bits per heavy atom. The van der Waals surface area contributed by atoms with Gasteiger partial charge in [0.05, 0.1) is 11.2 Å². The number of H-pyrrole nitrogens is 1. The van der Waals surface area contributed by atoms with Crippen LogP contribution >= 0.6 is 27.3 Å². The van der Waals surface area contributed by atoms with E-state index in [1.165, 1.54) is 11.3 Å². The van der Waals surface area contributed by atoms with Crippen molar-refractivity contribution in [1.29, 1.82) is 0 Å². The van der Waals surface area contributed by atoms with Crippen LogP contribution in [0.5, 0.6) is 0 Å². The van der Waals surface area contributed by atoms with E-state index >= 15 is 0 Å². The van der Waals surface area contributed by atoms with Gasteiger partial charge in [0.1, 0.15) is 0 Å². The zero-order valence-corrected chi connectivity index (χ0v) is 12.9. The molecule has 0 atom stereocenters. The molecule has 0 radical (unpaired) electrons. The molecule has 0 aliphatic rings. The number of fused-ring (bicyclic) bond motifs is 1. The standard InChI is InChI=1S/C14H12BrN3OS/c15-10-2-1-9-5-13(20-12(9)6-10)14(19)17-4-3-11-7-16-8-18-11/h1-2,5-8H,3-4H2,(H,16,18)(H,17,19). The predicted octanol–water partition coefficient (Wildman–Crippen LogP) is 3.36. The third-order valence-corrected chi connectivity index (χ3v) is 4.53. The number of nitrogens with one attached hydrogen (secondary N) is 2. The first kappa shape index (κ1) is 13.3. The van der Waals surface area contributed by atoms with Crippen LogP contribution in [-0.4, -0.2) is 22.4 Å². The lowest BCUT2D eigenvalue weighted by atomic mass is 10.2. The highest BCUT2D eigenvalue weighted by atomic mass is 79.9. The van der Waals surface area contributed by atoms with Gasteiger partial charge >= 0.3 is 0 Å². The van der Waals surface area contributed by atoms with Crippen LogP contribution in [0.15, 0.2) is 41.3 Å². The fourth-order valence-corrected chi connectivity index (χ4v) is 3.47. The van der Waals surface area contributed by atoms with Gasteiger partial charge in [-0.05, 0) is 23.6 Å². The van der Waals surface area contributed by atoms with Crippen molar-refractivity contribution in [2.24, 2.45) is 0 Å². The second-order valence-corrected chi connectivity index (χ2v) is 6.37. The van der Waals surface area contributed by atoms with Gasteiger partial charge in [-0.1, -0.05) is 22.0 Å². The van der Waals surface area contributed by atoms with Crippen LogP contribution < -0.4 is 5.32 Å². The van der Waals surface area contributed by atoms with Crippen molar-refractivity contribution < 1.29 is 4.79 Å². The van der Waals surface area contributed by atoms with Crippen LogP contribution in [0.1, 0.15) is 15.4 Å². The molecule has 2 N–H and O–H groups in total. The molecule has 3 rings (SSSR count). The summed E-state index contributed by atoms with van der Waals surface area (Å²) in [5.74, 6) is -0.0261. The van der Waals surface area contributed by atoms with E-state index in [-0.39, 0.29) is 5.91 Å². The number of amides is 1. The lowest BCUT2D eigenvalue weighted by Crippen LogP contribution is -2.24. The smallest absolute Gasteiger partial charge is 0.261 e. The zero-order valence-electron chi connectivity index (χ0n) is 10.5. The maximum Gasteiger partial charge on any atom is 0.261 e. The first-order chi connectivity index (χ1) is 9.72. The average molecular weight is 350 g/mol. The number of aromatic amines is 1. The Hall–Kier alpha value is -1.66. The molecule has 0 aliphatic carbocycles. The Labute approximate surface area is 128 Å². The molecule has 20 heavy (non-hydrogen) atoms. The maximum absolute atomic E-state index is 12.1. The van der Waals surface area contributed by atoms with E-state index in [0.29, 0.717) is 6.54 Å². The molecular formula is C14H12BrN3OS. The topological polar surface area (TPSA) is 57.8 Å². The minimum Gasteiger partial charge on any atom is -0.351 e. The van der Waals surface area contributed by atoms with Crippen molar-refractivity contribution in [2.45, 2.75) is 6.42 Å². The number of nitrogens with zero attached hydrogens (tertiary/aromatic N) is 1. The average Bonchev–Trinajstić information content (AvgIpc) is 3.06. The fourth-order valence-electron chi connectivity index (χ4n) is 1.94. The zero-order chi connectivity index (χ0) is 13.9. The van der Waals surface area contributed by atoms with Gasteiger partial charge in [-0.25, -0.2) is 4.98 Å². The summed E-state index contributed by atoms with van der Waals surface area (Å²) in [4.78, 5) is 19.8. The van der Waals surface area contributed by atoms with E-state index in [0.717, 1.165) is 31.6 Å². The van der Waals surface area contributed by atoms with E-state index < -0.39 is 0 Å². The monoisotopic (exact) mass is 349 g/mol. The number of rotatable bonds is 4. The first-order valence-electron chi connectivity index (χ1n) is 6.17. The van der Waals surface area contributed by atoms with E-state index in [4.69, 9.17) is 0 Å². The number of aromatic nitrogens is 2. The summed E-state index contributed by atoms with van der Waals surface area (Å²) in [5.41, 5.74) is 1.02. The largest absolute Gasteiger partial charge is 0.351 e. The number of hydrogen-bond donors (Lipinski definition) is 2. The molecule has 3 aromatic rings. The summed E-state index contributed by atoms with van der Waals surface area (Å²) in [6.45, 7) is 0.596. The highest BCUT2D eigenvalue weighted by Gasteiger charge is 2.10. The van der Waals surface area contributed by atoms with Gasteiger partial charge < -0.3 is 10.3 Å². The van der Waals surface area contributed by atoms with Crippen LogP contribution in [0, 0.1) is 0 Å². The first-order valence-corrected chi connectivity index (χ1v) is 7.78. The second kappa shape index (κ2) is 5.76. The van der Waals surface area contributed by atoms with Gasteiger partial charge in [-0.3, -0.25) is 4.79 Å². The molecule has 0 saturated heterocycles. The van der Waals surface area contributed by atoms with Crippen LogP contribution in [-0.2, 0) is 6.42 Å². The van der Waals surface area contributed by atoms with Gasteiger partial charge in [0.25, 0.3) is 5.91 Å². The van der Waals surface area contributed by atoms with Crippen LogP contribution in [0.3, 0.4) is 0 Å². The number of halogens is 1. The van der Waals surface area contributed by atoms with E-state index in [1.54, 1.807) is 12.5 Å². The van der Waals surface area contributed by atoms with Crippen molar-refractivity contribution in [3.63, 3.8) is 0 Å². The maximum atomic E-state index is 12.1. The molecule has 4 nitrogen and oxygen atoms in total. The molecule has 0 saturated carbocycles. The SMILES string of the molecule is O=C(NCCc1cnc[nH]1)c1cc2ccc(Br)cc2s1. The Balaban J connectivity index is 1.66. The Morgan fingerprint density at radius 2 is 2.30 bits per heavy atom. The van der Waals surface area contributed by atoms with E-state index in [2.05, 4.69) is 31.2 Å². The Kier molecular flexibility index (Phi) is 3.84. The van der Waals surface area contributed by atoms with Crippen LogP contribution in [0.25, 0.3) is 10.1 Å². The van der Waals surface area contributed by atoms with Crippen molar-refractivity contribution in [1.82, 2.24) is 15.3 Å². The summed E-state index contributed by atoms with van der Waals surface area (Å²) in [7, 11) is 0. The number of hydrogen-bond acceptors (Lipinski definition) is 3. The summed E-state index contributed by atoms with van der Waals surface area (Å²) in [6.07, 6.45) is 4.16. The van der Waals surface area contributed by atoms with Crippen molar-refractivity contribution in [2.75, 3.05) is 6.54 Å². The van der Waals surface area contributed by atoms with E-state index in [1.807, 2.05) is 24.3 Å². The Bertz CT molecular complexity index is 736. The van der Waals surface area contributed by atoms with Crippen molar-refractivity contribution in [3.05, 3.63) is 51.8 Å². The molecule has 2 aromatic heterocycles. The second-order valence-electron chi connectivity index (χ2n) is 4.38. The van der Waals surface area contributed by atoms with Crippen molar-refractivity contribution >= 4 is 43.3 Å². The summed E-state index contributed by atoms with van der Waals surface area (Å²) in [6, 6.07) is 7.95. The molecule has 6 heteroatoms. The number of carbonyl (C=O) groups excluding carboxylic acids is 1. The Morgan fingerprint density at radius 1 is 1.40 bits per heavy atom. The number of benzene rings is 1. The predicted molar refractivity (Wildman–Crippen MR) is 84.1 cm³/mol. The van der Waals surface area contributed by atoms with E-state index in [9.17, 15) is 4.79 Å². The number of carbonyl (C=O) groups is 1. The molecule has 1 amide bonds. The molecule has 102 valence electrons. The van der Waals surface area contributed by atoms with Gasteiger partial charge in [-0.15, -0.1) is 11.3 Å². The molecule has 1 aromatic carbocycles. The summed E-state index contributed by atoms with van der Waals surface area (Å²) in [5, 5.41) is 4.02. The molecule has 0 spiro atoms. The number of thiophene rings is 1. The van der Waals surface area contributed by atoms with Crippen LogP contribution in [0.2, 0.25) is 0 Å². The van der Waals surface area contributed by atoms with Gasteiger partial charge in [-0.2, -0.15) is 0 Å². The molecule has 0 aliphatic heterocycles. The molecule has 0 fully saturated rings. The molecule has 0 unspecified atom stereocenters. The molecule has 0 bridgehead atoms. The minimum absolute atomic E-state index is 0.0261. The third kappa shape index (κ3) is 2.91.